The van der Waals surface area contributed by atoms with Crippen LogP contribution in [-0.4, -0.2) is 11.9 Å². The van der Waals surface area contributed by atoms with Crippen LogP contribution >= 0.6 is 0 Å². The van der Waals surface area contributed by atoms with Crippen molar-refractivity contribution in [2.45, 2.75) is 26.3 Å². The van der Waals surface area contributed by atoms with Crippen molar-refractivity contribution in [1.29, 1.82) is 0 Å². The molecular weight excluding hydrogens is 226 g/mol. The quantitative estimate of drug-likeness (QED) is 0.851. The van der Waals surface area contributed by atoms with Crippen molar-refractivity contribution >= 4 is 11.6 Å². The third kappa shape index (κ3) is 3.49. The van der Waals surface area contributed by atoms with Crippen molar-refractivity contribution in [2.75, 3.05) is 5.32 Å². The van der Waals surface area contributed by atoms with Gasteiger partial charge in [0.05, 0.1) is 11.7 Å². The highest BCUT2D eigenvalue weighted by atomic mass is 19.1. The predicted octanol–water partition coefficient (Wildman–Crippen LogP) is 2.28. The molecule has 5 heteroatoms. The lowest BCUT2D eigenvalue weighted by atomic mass is 9.99. The fraction of sp³-hybridized carbons (Fsp3) is 0.417. The molecule has 1 amide bonds. The fourth-order valence-electron chi connectivity index (χ4n) is 1.32. The lowest BCUT2D eigenvalue weighted by Gasteiger charge is -2.17. The van der Waals surface area contributed by atoms with E-state index >= 15 is 0 Å². The van der Waals surface area contributed by atoms with Crippen LogP contribution in [0.5, 0.6) is 0 Å². The molecule has 1 unspecified atom stereocenters. The summed E-state index contributed by atoms with van der Waals surface area (Å²) in [5, 5.41) is 2.35. The average molecular weight is 242 g/mol. The van der Waals surface area contributed by atoms with E-state index in [0.29, 0.717) is 6.07 Å². The Balaban J connectivity index is 2.74. The van der Waals surface area contributed by atoms with Crippen molar-refractivity contribution in [3.8, 4) is 0 Å². The largest absolute Gasteiger partial charge is 0.322 e. The molecule has 0 fully saturated rings. The monoisotopic (exact) mass is 242 g/mol. The zero-order valence-corrected chi connectivity index (χ0v) is 9.84. The van der Waals surface area contributed by atoms with E-state index in [4.69, 9.17) is 5.73 Å². The van der Waals surface area contributed by atoms with Crippen LogP contribution in [0.25, 0.3) is 0 Å². The second kappa shape index (κ2) is 5.72. The van der Waals surface area contributed by atoms with Crippen LogP contribution in [0.4, 0.5) is 14.5 Å². The summed E-state index contributed by atoms with van der Waals surface area (Å²) in [7, 11) is 0. The molecule has 0 heterocycles. The van der Waals surface area contributed by atoms with E-state index in [1.165, 1.54) is 6.07 Å². The molecule has 17 heavy (non-hydrogen) atoms. The first-order valence-electron chi connectivity index (χ1n) is 5.47. The van der Waals surface area contributed by atoms with Gasteiger partial charge in [0.15, 0.2) is 0 Å². The second-order valence-corrected chi connectivity index (χ2v) is 4.02. The number of carbonyl (C=O) groups is 1. The van der Waals surface area contributed by atoms with E-state index in [0.717, 1.165) is 12.5 Å². The van der Waals surface area contributed by atoms with Gasteiger partial charge in [0.1, 0.15) is 11.6 Å². The highest BCUT2D eigenvalue weighted by molar-refractivity contribution is 5.94. The Bertz CT molecular complexity index is 409. The molecule has 0 spiro atoms. The number of hydrogen-bond acceptors (Lipinski definition) is 2. The number of nitrogens with two attached hydrogens (primary N) is 1. The van der Waals surface area contributed by atoms with Crippen LogP contribution in [0.1, 0.15) is 20.3 Å². The molecule has 0 bridgehead atoms. The lowest BCUT2D eigenvalue weighted by Crippen LogP contribution is -2.40. The molecule has 1 rings (SSSR count). The van der Waals surface area contributed by atoms with Crippen LogP contribution in [0.3, 0.4) is 0 Å². The Labute approximate surface area is 99.0 Å². The van der Waals surface area contributed by atoms with Gasteiger partial charge in [-0.25, -0.2) is 8.78 Å². The summed E-state index contributed by atoms with van der Waals surface area (Å²) < 4.78 is 25.9. The summed E-state index contributed by atoms with van der Waals surface area (Å²) in [6, 6.07) is 2.26. The van der Waals surface area contributed by atoms with Crippen molar-refractivity contribution in [3.63, 3.8) is 0 Å². The molecule has 3 nitrogen and oxygen atoms in total. The Hall–Kier alpha value is -1.49. The highest BCUT2D eigenvalue weighted by Gasteiger charge is 2.20. The number of benzene rings is 1. The van der Waals surface area contributed by atoms with Gasteiger partial charge in [-0.3, -0.25) is 4.79 Å². The molecule has 1 aromatic rings. The molecule has 0 aliphatic rings. The summed E-state index contributed by atoms with van der Waals surface area (Å²) in [5.41, 5.74) is 5.63. The van der Waals surface area contributed by atoms with Crippen molar-refractivity contribution in [3.05, 3.63) is 29.8 Å². The highest BCUT2D eigenvalue weighted by Crippen LogP contribution is 2.16. The zero-order valence-electron chi connectivity index (χ0n) is 9.84. The summed E-state index contributed by atoms with van der Waals surface area (Å²) in [5.74, 6) is -1.97. The molecule has 0 aliphatic carbocycles. The van der Waals surface area contributed by atoms with Crippen LogP contribution in [0, 0.1) is 17.6 Å². The van der Waals surface area contributed by atoms with E-state index < -0.39 is 23.6 Å². The lowest BCUT2D eigenvalue weighted by molar-refractivity contribution is -0.118. The van der Waals surface area contributed by atoms with Gasteiger partial charge in [0, 0.05) is 6.07 Å². The Morgan fingerprint density at radius 3 is 2.65 bits per heavy atom. The van der Waals surface area contributed by atoms with Crippen molar-refractivity contribution < 1.29 is 13.6 Å². The van der Waals surface area contributed by atoms with E-state index in [9.17, 15) is 13.6 Å². The van der Waals surface area contributed by atoms with Crippen LogP contribution < -0.4 is 11.1 Å². The number of nitrogens with one attached hydrogen (secondary N) is 1. The zero-order chi connectivity index (χ0) is 13.0. The maximum absolute atomic E-state index is 13.3. The van der Waals surface area contributed by atoms with Crippen molar-refractivity contribution in [1.82, 2.24) is 0 Å². The first-order chi connectivity index (χ1) is 7.95. The van der Waals surface area contributed by atoms with Crippen LogP contribution in [0.2, 0.25) is 0 Å². The van der Waals surface area contributed by atoms with Gasteiger partial charge < -0.3 is 11.1 Å². The summed E-state index contributed by atoms with van der Waals surface area (Å²) in [4.78, 5) is 11.7. The molecule has 0 radical (unpaired) electrons. The molecule has 0 aliphatic heterocycles. The van der Waals surface area contributed by atoms with Crippen molar-refractivity contribution in [2.24, 2.45) is 11.7 Å². The third-order valence-corrected chi connectivity index (χ3v) is 2.75. The van der Waals surface area contributed by atoms with Gasteiger partial charge >= 0.3 is 0 Å². The third-order valence-electron chi connectivity index (χ3n) is 2.75. The Kier molecular flexibility index (Phi) is 4.57. The molecule has 94 valence electrons. The van der Waals surface area contributed by atoms with Gasteiger partial charge in [-0.05, 0) is 18.1 Å². The van der Waals surface area contributed by atoms with Gasteiger partial charge in [-0.1, -0.05) is 20.3 Å². The molecule has 3 N–H and O–H groups in total. The smallest absolute Gasteiger partial charge is 0.241 e. The van der Waals surface area contributed by atoms with Gasteiger partial charge in [-0.2, -0.15) is 0 Å². The minimum atomic E-state index is -0.810. The maximum atomic E-state index is 13.3. The Morgan fingerprint density at radius 2 is 2.12 bits per heavy atom. The van der Waals surface area contributed by atoms with Gasteiger partial charge in [0.2, 0.25) is 5.91 Å². The van der Waals surface area contributed by atoms with Gasteiger partial charge in [0.25, 0.3) is 0 Å². The minimum absolute atomic E-state index is 0.00138. The molecule has 0 aromatic heterocycles. The average Bonchev–Trinajstić information content (AvgIpc) is 2.30. The van der Waals surface area contributed by atoms with E-state index in [2.05, 4.69) is 5.32 Å². The fourth-order valence-corrected chi connectivity index (χ4v) is 1.32. The predicted molar refractivity (Wildman–Crippen MR) is 62.4 cm³/mol. The topological polar surface area (TPSA) is 55.1 Å². The number of hydrogen-bond donors (Lipinski definition) is 2. The molecule has 0 saturated heterocycles. The molecule has 0 saturated carbocycles. The van der Waals surface area contributed by atoms with Crippen LogP contribution in [-0.2, 0) is 4.79 Å². The standard InChI is InChI=1S/C12H16F2N2O/c1-3-7(2)11(15)12(17)16-10-5-4-8(13)6-9(10)14/h4-7,11H,3,15H2,1-2H3,(H,16,17)/t7?,11-/m0/s1. The second-order valence-electron chi connectivity index (χ2n) is 4.02. The molecule has 2 atom stereocenters. The molecule has 1 aromatic carbocycles. The number of anilines is 1. The summed E-state index contributed by atoms with van der Waals surface area (Å²) >= 11 is 0. The first kappa shape index (κ1) is 13.6. The number of amides is 1. The summed E-state index contributed by atoms with van der Waals surface area (Å²) in [6.07, 6.45) is 0.750. The molecular formula is C12H16F2N2O. The Morgan fingerprint density at radius 1 is 1.47 bits per heavy atom. The number of carbonyl (C=O) groups excluding carboxylic acids is 1. The van der Waals surface area contributed by atoms with E-state index in [1.54, 1.807) is 0 Å². The van der Waals surface area contributed by atoms with E-state index in [1.807, 2.05) is 13.8 Å². The summed E-state index contributed by atoms with van der Waals surface area (Å²) in [6.45, 7) is 3.75. The van der Waals surface area contributed by atoms with E-state index in [-0.39, 0.29) is 11.6 Å². The minimum Gasteiger partial charge on any atom is -0.322 e. The maximum Gasteiger partial charge on any atom is 0.241 e. The SMILES string of the molecule is CCC(C)[C@H](N)C(=O)Nc1ccc(F)cc1F. The van der Waals surface area contributed by atoms with Crippen LogP contribution in [0.15, 0.2) is 18.2 Å². The number of halogens is 2. The first-order valence-corrected chi connectivity index (χ1v) is 5.47. The normalized spacial score (nSPS) is 14.2. The van der Waals surface area contributed by atoms with Gasteiger partial charge in [-0.15, -0.1) is 0 Å². The number of rotatable bonds is 4.